The molecular weight excluding hydrogens is 563 g/mol. The number of likely N-dealkylation sites (tertiary alicyclic amines) is 2. The first-order valence-electron chi connectivity index (χ1n) is 14.5. The molecule has 9 nitrogen and oxygen atoms in total. The molecule has 2 fully saturated rings. The highest BCUT2D eigenvalue weighted by molar-refractivity contribution is 6.33. The van der Waals surface area contributed by atoms with Gasteiger partial charge in [-0.15, -0.1) is 0 Å². The van der Waals surface area contributed by atoms with Crippen molar-refractivity contribution in [2.24, 2.45) is 17.8 Å². The Bertz CT molecular complexity index is 1260. The number of nitrogens with one attached hydrogen (secondary N) is 1. The van der Waals surface area contributed by atoms with Crippen molar-refractivity contribution in [1.82, 2.24) is 15.1 Å². The van der Waals surface area contributed by atoms with Crippen LogP contribution in [0.15, 0.2) is 36.4 Å². The number of nitrogen functional groups attached to an aromatic ring is 1. The SMILES string of the molecule is COc1cc(N)c(Cl)cc1C(=O)NCC1CCN(C(C)(COc2ccc(F)cc2)C2C(C)CC(C)CN2C(=O)O)CC1. The maximum Gasteiger partial charge on any atom is 0.407 e. The van der Waals surface area contributed by atoms with Crippen LogP contribution in [-0.2, 0) is 0 Å². The molecule has 0 saturated carbocycles. The first-order chi connectivity index (χ1) is 19.9. The Kier molecular flexibility index (Phi) is 10.1. The second-order valence-corrected chi connectivity index (χ2v) is 12.4. The molecule has 2 aliphatic rings. The molecule has 0 aromatic heterocycles. The number of piperidine rings is 2. The van der Waals surface area contributed by atoms with E-state index in [1.807, 2.05) is 0 Å². The molecule has 230 valence electrons. The minimum atomic E-state index is -0.929. The maximum atomic E-state index is 13.5. The second kappa shape index (κ2) is 13.4. The molecule has 0 spiro atoms. The minimum Gasteiger partial charge on any atom is -0.496 e. The number of amides is 2. The molecule has 4 atom stereocenters. The number of anilines is 1. The summed E-state index contributed by atoms with van der Waals surface area (Å²) in [5.74, 6) is 0.892. The number of ether oxygens (including phenoxy) is 2. The van der Waals surface area contributed by atoms with Crippen molar-refractivity contribution in [1.29, 1.82) is 0 Å². The molecule has 4 unspecified atom stereocenters. The van der Waals surface area contributed by atoms with E-state index < -0.39 is 11.6 Å². The average molecular weight is 605 g/mol. The van der Waals surface area contributed by atoms with E-state index in [0.29, 0.717) is 48.9 Å². The van der Waals surface area contributed by atoms with Crippen LogP contribution < -0.4 is 20.5 Å². The number of nitrogens with two attached hydrogens (primary N) is 1. The number of carboxylic acid groups (broad SMARTS) is 1. The van der Waals surface area contributed by atoms with E-state index >= 15 is 0 Å². The van der Waals surface area contributed by atoms with Gasteiger partial charge in [0.15, 0.2) is 0 Å². The number of carbonyl (C=O) groups excluding carboxylic acids is 1. The Morgan fingerprint density at radius 1 is 1.19 bits per heavy atom. The maximum absolute atomic E-state index is 13.5. The summed E-state index contributed by atoms with van der Waals surface area (Å²) in [6.07, 6.45) is 1.62. The minimum absolute atomic E-state index is 0.116. The molecule has 42 heavy (non-hydrogen) atoms. The Morgan fingerprint density at radius 3 is 2.48 bits per heavy atom. The van der Waals surface area contributed by atoms with Gasteiger partial charge in [-0.2, -0.15) is 0 Å². The number of carbonyl (C=O) groups is 2. The number of methoxy groups -OCH3 is 1. The number of hydrogen-bond donors (Lipinski definition) is 3. The van der Waals surface area contributed by atoms with Crippen LogP contribution in [0, 0.1) is 23.6 Å². The van der Waals surface area contributed by atoms with Gasteiger partial charge in [0.1, 0.15) is 23.9 Å². The van der Waals surface area contributed by atoms with Crippen LogP contribution >= 0.6 is 11.6 Å². The molecule has 0 aliphatic carbocycles. The van der Waals surface area contributed by atoms with Crippen molar-refractivity contribution in [3.05, 3.63) is 52.8 Å². The lowest BCUT2D eigenvalue weighted by Gasteiger charge is -2.55. The number of benzene rings is 2. The lowest BCUT2D eigenvalue weighted by molar-refractivity contribution is -0.0695. The third-order valence-electron chi connectivity index (χ3n) is 8.84. The van der Waals surface area contributed by atoms with E-state index in [1.54, 1.807) is 17.0 Å². The second-order valence-electron chi connectivity index (χ2n) is 12.0. The summed E-state index contributed by atoms with van der Waals surface area (Å²) in [5.41, 5.74) is 5.89. The number of rotatable bonds is 9. The molecule has 2 amide bonds. The Balaban J connectivity index is 1.47. The fraction of sp³-hybridized carbons (Fsp3) is 0.548. The van der Waals surface area contributed by atoms with E-state index in [2.05, 4.69) is 31.0 Å². The van der Waals surface area contributed by atoms with Crippen molar-refractivity contribution in [2.45, 2.75) is 51.6 Å². The lowest BCUT2D eigenvalue weighted by atomic mass is 9.74. The van der Waals surface area contributed by atoms with Crippen molar-refractivity contribution in [2.75, 3.05) is 45.6 Å². The fourth-order valence-electron chi connectivity index (χ4n) is 6.76. The lowest BCUT2D eigenvalue weighted by Crippen LogP contribution is -2.69. The molecule has 2 aliphatic heterocycles. The standard InChI is InChI=1S/C31H42ClFN4O5/c1-19-13-20(2)28(37(17-19)30(39)40)31(3,18-42-23-7-5-22(33)6-8-23)36-11-9-21(10-12-36)16-35-29(38)24-14-25(32)26(34)15-27(24)41-4/h5-8,14-15,19-21,28H,9-13,16-18,34H2,1-4H3,(H,35,38)(H,39,40). The molecule has 4 N–H and O–H groups in total. The Hall–Kier alpha value is -3.24. The molecule has 2 heterocycles. The van der Waals surface area contributed by atoms with Gasteiger partial charge in [0.05, 0.1) is 35.0 Å². The quantitative estimate of drug-likeness (QED) is 0.329. The highest BCUT2D eigenvalue weighted by Crippen LogP contribution is 2.39. The zero-order valence-corrected chi connectivity index (χ0v) is 25.5. The zero-order valence-electron chi connectivity index (χ0n) is 24.7. The third kappa shape index (κ3) is 7.03. The summed E-state index contributed by atoms with van der Waals surface area (Å²) in [6.45, 7) is 8.93. The van der Waals surface area contributed by atoms with Gasteiger partial charge < -0.3 is 30.5 Å². The summed E-state index contributed by atoms with van der Waals surface area (Å²) < 4.78 is 25.0. The normalized spacial score (nSPS) is 23.2. The van der Waals surface area contributed by atoms with Crippen LogP contribution in [0.2, 0.25) is 5.02 Å². The van der Waals surface area contributed by atoms with Gasteiger partial charge >= 0.3 is 6.09 Å². The molecule has 4 rings (SSSR count). The summed E-state index contributed by atoms with van der Waals surface area (Å²) in [5, 5.41) is 13.5. The molecule has 11 heteroatoms. The molecule has 2 aromatic carbocycles. The summed E-state index contributed by atoms with van der Waals surface area (Å²) in [6, 6.07) is 8.66. The van der Waals surface area contributed by atoms with Gasteiger partial charge in [0.2, 0.25) is 0 Å². The monoisotopic (exact) mass is 604 g/mol. The fourth-order valence-corrected chi connectivity index (χ4v) is 6.92. The van der Waals surface area contributed by atoms with Gasteiger partial charge in [-0.3, -0.25) is 9.69 Å². The summed E-state index contributed by atoms with van der Waals surface area (Å²) in [4.78, 5) is 29.3. The first-order valence-corrected chi connectivity index (χ1v) is 14.8. The van der Waals surface area contributed by atoms with Gasteiger partial charge in [-0.05, 0) is 87.4 Å². The van der Waals surface area contributed by atoms with Crippen molar-refractivity contribution in [3.63, 3.8) is 0 Å². The van der Waals surface area contributed by atoms with E-state index in [9.17, 15) is 19.1 Å². The average Bonchev–Trinajstić information content (AvgIpc) is 2.96. The van der Waals surface area contributed by atoms with Crippen LogP contribution in [0.5, 0.6) is 11.5 Å². The Morgan fingerprint density at radius 2 is 1.86 bits per heavy atom. The van der Waals surface area contributed by atoms with Crippen LogP contribution in [0.25, 0.3) is 0 Å². The third-order valence-corrected chi connectivity index (χ3v) is 9.16. The smallest absolute Gasteiger partial charge is 0.407 e. The van der Waals surface area contributed by atoms with Crippen molar-refractivity contribution < 1.29 is 28.6 Å². The number of nitrogens with zero attached hydrogens (tertiary/aromatic N) is 2. The van der Waals surface area contributed by atoms with Crippen LogP contribution in [0.3, 0.4) is 0 Å². The number of hydrogen-bond acceptors (Lipinski definition) is 6. The number of halogens is 2. The van der Waals surface area contributed by atoms with Crippen molar-refractivity contribution >= 4 is 29.3 Å². The van der Waals surface area contributed by atoms with E-state index in [1.165, 1.54) is 31.4 Å². The summed E-state index contributed by atoms with van der Waals surface area (Å²) >= 11 is 6.15. The molecule has 0 bridgehead atoms. The van der Waals surface area contributed by atoms with Gasteiger partial charge in [-0.1, -0.05) is 25.4 Å². The molecule has 0 radical (unpaired) electrons. The van der Waals surface area contributed by atoms with E-state index in [-0.39, 0.29) is 47.1 Å². The van der Waals surface area contributed by atoms with Crippen LogP contribution in [-0.4, -0.2) is 78.4 Å². The van der Waals surface area contributed by atoms with Crippen LogP contribution in [0.4, 0.5) is 14.9 Å². The Labute approximate surface area is 252 Å². The predicted molar refractivity (Wildman–Crippen MR) is 161 cm³/mol. The van der Waals surface area contributed by atoms with Crippen LogP contribution in [0.1, 0.15) is 50.4 Å². The molecule has 2 aromatic rings. The van der Waals surface area contributed by atoms with Crippen molar-refractivity contribution in [3.8, 4) is 11.5 Å². The summed E-state index contributed by atoms with van der Waals surface area (Å²) in [7, 11) is 1.48. The highest BCUT2D eigenvalue weighted by atomic mass is 35.5. The predicted octanol–water partition coefficient (Wildman–Crippen LogP) is 5.37. The highest BCUT2D eigenvalue weighted by Gasteiger charge is 2.50. The topological polar surface area (TPSA) is 117 Å². The molecule has 2 saturated heterocycles. The molecular formula is C31H42ClFN4O5. The van der Waals surface area contributed by atoms with E-state index in [0.717, 1.165) is 19.3 Å². The van der Waals surface area contributed by atoms with E-state index in [4.69, 9.17) is 26.8 Å². The zero-order chi connectivity index (χ0) is 30.6. The van der Waals surface area contributed by atoms with Gasteiger partial charge in [-0.25, -0.2) is 9.18 Å². The first kappa shape index (κ1) is 31.7. The largest absolute Gasteiger partial charge is 0.496 e. The van der Waals surface area contributed by atoms with Gasteiger partial charge in [0.25, 0.3) is 5.91 Å². The van der Waals surface area contributed by atoms with Gasteiger partial charge in [0, 0.05) is 19.2 Å².